The monoisotopic (exact) mass is 304 g/mol. The number of hydrogen-bond donors (Lipinski definition) is 0. The number of hydrazone groups is 1. The summed E-state index contributed by atoms with van der Waals surface area (Å²) >= 11 is 0. The SMILES string of the molecule is Cc1ccccc1N1N=C(C(C)(C)C)C=CC1c1ccccc1. The Morgan fingerprint density at radius 2 is 1.57 bits per heavy atom. The Hall–Kier alpha value is -2.35. The fourth-order valence-corrected chi connectivity index (χ4v) is 2.80. The maximum Gasteiger partial charge on any atom is 0.0960 e. The zero-order chi connectivity index (χ0) is 16.4. The molecular formula is C21H24N2. The van der Waals surface area contributed by atoms with Gasteiger partial charge >= 0.3 is 0 Å². The lowest BCUT2D eigenvalue weighted by atomic mass is 9.88. The van der Waals surface area contributed by atoms with Crippen LogP contribution in [0.3, 0.4) is 0 Å². The van der Waals surface area contributed by atoms with E-state index in [4.69, 9.17) is 5.10 Å². The average Bonchev–Trinajstić information content (AvgIpc) is 2.55. The first kappa shape index (κ1) is 15.5. The summed E-state index contributed by atoms with van der Waals surface area (Å²) in [6, 6.07) is 19.1. The summed E-state index contributed by atoms with van der Waals surface area (Å²) in [5, 5.41) is 7.16. The largest absolute Gasteiger partial charge is 0.254 e. The first-order valence-electron chi connectivity index (χ1n) is 8.14. The molecule has 0 fully saturated rings. The van der Waals surface area contributed by atoms with Gasteiger partial charge in [-0.3, -0.25) is 5.01 Å². The molecule has 1 aliphatic heterocycles. The van der Waals surface area contributed by atoms with E-state index < -0.39 is 0 Å². The molecule has 23 heavy (non-hydrogen) atoms. The van der Waals surface area contributed by atoms with Crippen LogP contribution in [0.2, 0.25) is 0 Å². The Kier molecular flexibility index (Phi) is 4.08. The molecule has 1 atom stereocenters. The fourth-order valence-electron chi connectivity index (χ4n) is 2.80. The molecule has 0 aliphatic carbocycles. The van der Waals surface area contributed by atoms with E-state index >= 15 is 0 Å². The van der Waals surface area contributed by atoms with Crippen molar-refractivity contribution >= 4 is 11.4 Å². The Labute approximate surface area is 139 Å². The van der Waals surface area contributed by atoms with Gasteiger partial charge in [-0.25, -0.2) is 0 Å². The summed E-state index contributed by atoms with van der Waals surface area (Å²) in [5.74, 6) is 0. The second-order valence-electron chi connectivity index (χ2n) is 7.08. The molecule has 2 nitrogen and oxygen atoms in total. The van der Waals surface area contributed by atoms with Crippen molar-refractivity contribution < 1.29 is 0 Å². The van der Waals surface area contributed by atoms with Crippen molar-refractivity contribution in [3.63, 3.8) is 0 Å². The van der Waals surface area contributed by atoms with Crippen molar-refractivity contribution in [1.29, 1.82) is 0 Å². The molecule has 1 unspecified atom stereocenters. The molecule has 0 saturated carbocycles. The van der Waals surface area contributed by atoms with Crippen molar-refractivity contribution in [2.75, 3.05) is 5.01 Å². The molecule has 2 heteroatoms. The van der Waals surface area contributed by atoms with Crippen LogP contribution in [-0.4, -0.2) is 5.71 Å². The lowest BCUT2D eigenvalue weighted by molar-refractivity contribution is 0.581. The number of aryl methyl sites for hydroxylation is 1. The molecule has 0 radical (unpaired) electrons. The molecule has 2 aromatic carbocycles. The van der Waals surface area contributed by atoms with Gasteiger partial charge in [0.25, 0.3) is 0 Å². The summed E-state index contributed by atoms with van der Waals surface area (Å²) in [5.41, 5.74) is 4.78. The summed E-state index contributed by atoms with van der Waals surface area (Å²) < 4.78 is 0. The van der Waals surface area contributed by atoms with Crippen molar-refractivity contribution in [2.45, 2.75) is 33.7 Å². The van der Waals surface area contributed by atoms with Gasteiger partial charge in [0.15, 0.2) is 0 Å². The normalized spacial score (nSPS) is 18.0. The van der Waals surface area contributed by atoms with Gasteiger partial charge in [-0.15, -0.1) is 0 Å². The van der Waals surface area contributed by atoms with Crippen LogP contribution in [-0.2, 0) is 0 Å². The van der Waals surface area contributed by atoms with E-state index in [1.807, 2.05) is 0 Å². The highest BCUT2D eigenvalue weighted by molar-refractivity contribution is 6.00. The first-order valence-corrected chi connectivity index (χ1v) is 8.14. The summed E-state index contributed by atoms with van der Waals surface area (Å²) in [4.78, 5) is 0. The van der Waals surface area contributed by atoms with Crippen molar-refractivity contribution in [1.82, 2.24) is 0 Å². The second kappa shape index (κ2) is 6.04. The van der Waals surface area contributed by atoms with Gasteiger partial charge in [0, 0.05) is 5.41 Å². The Balaban J connectivity index is 2.09. The molecule has 0 spiro atoms. The van der Waals surface area contributed by atoms with Crippen LogP contribution < -0.4 is 5.01 Å². The maximum absolute atomic E-state index is 5.01. The van der Waals surface area contributed by atoms with Crippen LogP contribution in [0.4, 0.5) is 5.69 Å². The third kappa shape index (κ3) is 3.21. The number of nitrogens with zero attached hydrogens (tertiary/aromatic N) is 2. The standard InChI is InChI=1S/C21H24N2/c1-16-10-8-9-13-18(16)23-19(17-11-6-5-7-12-17)14-15-20(22-23)21(2,3)4/h5-15,19H,1-4H3. The highest BCUT2D eigenvalue weighted by atomic mass is 15.5. The smallest absolute Gasteiger partial charge is 0.0960 e. The predicted octanol–water partition coefficient (Wildman–Crippen LogP) is 5.51. The molecule has 0 amide bonds. The lowest BCUT2D eigenvalue weighted by Crippen LogP contribution is -2.31. The maximum atomic E-state index is 5.01. The molecule has 1 aliphatic rings. The van der Waals surface area contributed by atoms with Crippen LogP contribution >= 0.6 is 0 Å². The minimum absolute atomic E-state index is 0.0269. The molecule has 3 rings (SSSR count). The Bertz CT molecular complexity index is 736. The van der Waals surface area contributed by atoms with Crippen molar-refractivity contribution in [3.8, 4) is 0 Å². The zero-order valence-electron chi connectivity index (χ0n) is 14.3. The number of anilines is 1. The fraction of sp³-hybridized carbons (Fsp3) is 0.286. The van der Waals surface area contributed by atoms with Crippen LogP contribution in [0.15, 0.2) is 71.9 Å². The number of benzene rings is 2. The Morgan fingerprint density at radius 3 is 2.22 bits per heavy atom. The van der Waals surface area contributed by atoms with Crippen molar-refractivity contribution in [3.05, 3.63) is 77.9 Å². The van der Waals surface area contributed by atoms with E-state index in [0.717, 1.165) is 11.4 Å². The van der Waals surface area contributed by atoms with E-state index in [0.29, 0.717) is 0 Å². The van der Waals surface area contributed by atoms with Crippen molar-refractivity contribution in [2.24, 2.45) is 10.5 Å². The van der Waals surface area contributed by atoms with Crippen LogP contribution in [0, 0.1) is 12.3 Å². The highest BCUT2D eigenvalue weighted by Crippen LogP contribution is 2.35. The Morgan fingerprint density at radius 1 is 0.913 bits per heavy atom. The third-order valence-corrected chi connectivity index (χ3v) is 4.19. The molecule has 0 bridgehead atoms. The number of hydrogen-bond acceptors (Lipinski definition) is 2. The minimum Gasteiger partial charge on any atom is -0.254 e. The minimum atomic E-state index is 0.0269. The van der Waals surface area contributed by atoms with Gasteiger partial charge in [0.05, 0.1) is 17.4 Å². The van der Waals surface area contributed by atoms with Crippen LogP contribution in [0.1, 0.15) is 37.9 Å². The lowest BCUT2D eigenvalue weighted by Gasteiger charge is -2.34. The summed E-state index contributed by atoms with van der Waals surface area (Å²) in [6.45, 7) is 8.75. The highest BCUT2D eigenvalue weighted by Gasteiger charge is 2.27. The van der Waals surface area contributed by atoms with E-state index in [1.54, 1.807) is 0 Å². The second-order valence-corrected chi connectivity index (χ2v) is 7.08. The van der Waals surface area contributed by atoms with E-state index in [1.165, 1.54) is 11.1 Å². The first-order chi connectivity index (χ1) is 11.0. The number of rotatable bonds is 2. The molecule has 2 aromatic rings. The molecule has 118 valence electrons. The van der Waals surface area contributed by atoms with Gasteiger partial charge in [-0.2, -0.15) is 5.10 Å². The predicted molar refractivity (Wildman–Crippen MR) is 98.9 cm³/mol. The topological polar surface area (TPSA) is 15.6 Å². The number of allylic oxidation sites excluding steroid dienone is 1. The van der Waals surface area contributed by atoms with Gasteiger partial charge in [0.2, 0.25) is 0 Å². The quantitative estimate of drug-likeness (QED) is 0.713. The molecular weight excluding hydrogens is 280 g/mol. The average molecular weight is 304 g/mol. The van der Waals surface area contributed by atoms with E-state index in [-0.39, 0.29) is 11.5 Å². The van der Waals surface area contributed by atoms with Gasteiger partial charge in [-0.05, 0) is 30.2 Å². The molecule has 0 aromatic heterocycles. The third-order valence-electron chi connectivity index (χ3n) is 4.19. The summed E-state index contributed by atoms with van der Waals surface area (Å²) in [7, 11) is 0. The zero-order valence-corrected chi connectivity index (χ0v) is 14.3. The molecule has 1 heterocycles. The van der Waals surface area contributed by atoms with Gasteiger partial charge < -0.3 is 0 Å². The van der Waals surface area contributed by atoms with Gasteiger partial charge in [-0.1, -0.05) is 75.4 Å². The molecule has 0 N–H and O–H groups in total. The van der Waals surface area contributed by atoms with Crippen LogP contribution in [0.25, 0.3) is 0 Å². The summed E-state index contributed by atoms with van der Waals surface area (Å²) in [6.07, 6.45) is 4.43. The molecule has 0 saturated heterocycles. The van der Waals surface area contributed by atoms with E-state index in [2.05, 4.69) is 99.5 Å². The van der Waals surface area contributed by atoms with Gasteiger partial charge in [0.1, 0.15) is 0 Å². The number of para-hydroxylation sites is 1. The van der Waals surface area contributed by atoms with Crippen LogP contribution in [0.5, 0.6) is 0 Å². The van der Waals surface area contributed by atoms with E-state index in [9.17, 15) is 0 Å².